The van der Waals surface area contributed by atoms with Crippen LogP contribution in [0.2, 0.25) is 0 Å². The topological polar surface area (TPSA) is 209 Å². The number of ether oxygens (including phenoxy) is 1. The van der Waals surface area contributed by atoms with Gasteiger partial charge in [0.15, 0.2) is 10.8 Å². The quantitative estimate of drug-likeness (QED) is 0.117. The van der Waals surface area contributed by atoms with Gasteiger partial charge in [-0.05, 0) is 26.7 Å². The molecule has 0 aromatic heterocycles. The van der Waals surface area contributed by atoms with Gasteiger partial charge in [-0.2, -0.15) is 0 Å². The second-order valence-corrected chi connectivity index (χ2v) is 7.60. The minimum atomic E-state index is -1.25. The maximum Gasteiger partial charge on any atom is 0.342 e. The first-order chi connectivity index (χ1) is 13.4. The maximum absolute atomic E-state index is 11.8. The molecule has 0 aromatic rings. The molecule has 1 aliphatic heterocycles. The number of esters is 1. The highest BCUT2D eigenvalue weighted by Crippen LogP contribution is 2.40. The molecular weight excluding hydrogens is 406 g/mol. The van der Waals surface area contributed by atoms with Gasteiger partial charge >= 0.3 is 17.9 Å². The summed E-state index contributed by atoms with van der Waals surface area (Å²) in [5.74, 6) is -3.07. The lowest BCUT2D eigenvalue weighted by atomic mass is 10.2. The number of hydrogen-bond acceptors (Lipinski definition) is 8. The number of carbonyl (C=O) groups is 4. The molecule has 0 aromatic carbocycles. The summed E-state index contributed by atoms with van der Waals surface area (Å²) in [5, 5.41) is 26.7. The molecule has 3 unspecified atom stereocenters. The monoisotopic (exact) mass is 435 g/mol. The standard InChI is InChI=1S/C10H15NO5S.C6H14N4O2/c1-4-16-9(15)10(3)11(6(2)12)7(5-17-10)8(13)14;7-4(5(11)12)2-1-3-10-6(8)9/h7H,4-5H2,1-3H3,(H,13,14);4H,1-3,7H2,(H,11,12)(H4,8,9,10). The summed E-state index contributed by atoms with van der Waals surface area (Å²) in [6, 6.07) is -1.80. The van der Waals surface area contributed by atoms with Crippen molar-refractivity contribution in [1.82, 2.24) is 10.2 Å². The number of amides is 1. The molecule has 13 heteroatoms. The van der Waals surface area contributed by atoms with E-state index >= 15 is 0 Å². The van der Waals surface area contributed by atoms with Gasteiger partial charge in [-0.25, -0.2) is 9.59 Å². The number of thioether (sulfide) groups is 1. The first kappa shape index (κ1) is 26.5. The lowest BCUT2D eigenvalue weighted by Gasteiger charge is -2.33. The van der Waals surface area contributed by atoms with Crippen LogP contribution >= 0.6 is 11.8 Å². The molecule has 12 nitrogen and oxygen atoms in total. The van der Waals surface area contributed by atoms with Gasteiger partial charge in [0.05, 0.1) is 6.61 Å². The van der Waals surface area contributed by atoms with Crippen LogP contribution in [0.1, 0.15) is 33.6 Å². The van der Waals surface area contributed by atoms with Crippen LogP contribution in [0.4, 0.5) is 0 Å². The summed E-state index contributed by atoms with van der Waals surface area (Å²) in [5.41, 5.74) is 10.2. The average Bonchev–Trinajstić information content (AvgIpc) is 2.98. The van der Waals surface area contributed by atoms with Gasteiger partial charge in [-0.15, -0.1) is 11.8 Å². The molecule has 1 rings (SSSR count). The zero-order valence-corrected chi connectivity index (χ0v) is 17.5. The summed E-state index contributed by atoms with van der Waals surface area (Å²) in [4.78, 5) is 44.4. The molecule has 0 radical (unpaired) electrons. The van der Waals surface area contributed by atoms with Gasteiger partial charge in [0, 0.05) is 19.2 Å². The molecule has 8 N–H and O–H groups in total. The minimum Gasteiger partial charge on any atom is -0.480 e. The number of nitrogens with two attached hydrogens (primary N) is 2. The minimum absolute atomic E-state index is 0.112. The SMILES string of the molecule is CCOC(=O)C1(C)SCC(C(=O)O)N1C(C)=O.N=C(N)NCCCC(N)C(=O)O. The molecule has 1 saturated heterocycles. The summed E-state index contributed by atoms with van der Waals surface area (Å²) < 4.78 is 4.89. The third kappa shape index (κ3) is 8.15. The van der Waals surface area contributed by atoms with E-state index in [2.05, 4.69) is 5.32 Å². The lowest BCUT2D eigenvalue weighted by molar-refractivity contribution is -0.160. The number of carbonyl (C=O) groups excluding carboxylic acids is 2. The first-order valence-electron chi connectivity index (χ1n) is 8.78. The molecule has 1 aliphatic rings. The molecule has 0 aliphatic carbocycles. The Hall–Kier alpha value is -2.54. The zero-order chi connectivity index (χ0) is 22.8. The van der Waals surface area contributed by atoms with Gasteiger partial charge in [0.2, 0.25) is 5.91 Å². The number of carboxylic acid groups (broad SMARTS) is 2. The fourth-order valence-corrected chi connectivity index (χ4v) is 3.82. The van der Waals surface area contributed by atoms with Crippen molar-refractivity contribution in [2.45, 2.75) is 50.6 Å². The van der Waals surface area contributed by atoms with Crippen LogP contribution < -0.4 is 16.8 Å². The van der Waals surface area contributed by atoms with Crippen LogP contribution in [0.15, 0.2) is 0 Å². The largest absolute Gasteiger partial charge is 0.480 e. The molecule has 1 fully saturated rings. The lowest BCUT2D eigenvalue weighted by Crippen LogP contribution is -2.54. The van der Waals surface area contributed by atoms with Crippen LogP contribution in [-0.2, 0) is 23.9 Å². The fraction of sp³-hybridized carbons (Fsp3) is 0.688. The van der Waals surface area contributed by atoms with E-state index in [1.807, 2.05) is 0 Å². The summed E-state index contributed by atoms with van der Waals surface area (Å²) >= 11 is 1.12. The normalized spacial score (nSPS) is 21.4. The van der Waals surface area contributed by atoms with Crippen molar-refractivity contribution in [2.75, 3.05) is 18.9 Å². The van der Waals surface area contributed by atoms with E-state index in [4.69, 9.17) is 31.8 Å². The Labute approximate surface area is 172 Å². The Balaban J connectivity index is 0.000000578. The number of nitrogens with zero attached hydrogens (tertiary/aromatic N) is 1. The van der Waals surface area contributed by atoms with Crippen molar-refractivity contribution < 1.29 is 34.1 Å². The Bertz CT molecular complexity index is 633. The number of guanidine groups is 1. The molecule has 29 heavy (non-hydrogen) atoms. The smallest absolute Gasteiger partial charge is 0.342 e. The van der Waals surface area contributed by atoms with Crippen molar-refractivity contribution in [3.63, 3.8) is 0 Å². The van der Waals surface area contributed by atoms with Crippen molar-refractivity contribution in [2.24, 2.45) is 11.5 Å². The van der Waals surface area contributed by atoms with Crippen LogP contribution in [0.5, 0.6) is 0 Å². The molecule has 1 amide bonds. The highest BCUT2D eigenvalue weighted by atomic mass is 32.2. The Morgan fingerprint density at radius 2 is 1.97 bits per heavy atom. The average molecular weight is 436 g/mol. The Kier molecular flexibility index (Phi) is 11.1. The second-order valence-electron chi connectivity index (χ2n) is 6.18. The van der Waals surface area contributed by atoms with E-state index in [9.17, 15) is 19.2 Å². The van der Waals surface area contributed by atoms with Gasteiger partial charge < -0.3 is 36.6 Å². The molecule has 1 heterocycles. The summed E-state index contributed by atoms with van der Waals surface area (Å²) in [7, 11) is 0. The maximum atomic E-state index is 11.8. The number of aliphatic carboxylic acids is 2. The molecule has 166 valence electrons. The highest BCUT2D eigenvalue weighted by Gasteiger charge is 2.54. The van der Waals surface area contributed by atoms with E-state index < -0.39 is 40.8 Å². The Morgan fingerprint density at radius 1 is 1.38 bits per heavy atom. The molecule has 0 spiro atoms. The van der Waals surface area contributed by atoms with Crippen molar-refractivity contribution in [3.05, 3.63) is 0 Å². The fourth-order valence-electron chi connectivity index (χ4n) is 2.48. The van der Waals surface area contributed by atoms with Crippen LogP contribution in [0, 0.1) is 5.41 Å². The zero-order valence-electron chi connectivity index (χ0n) is 16.6. The molecule has 0 bridgehead atoms. The molecule has 3 atom stereocenters. The van der Waals surface area contributed by atoms with E-state index in [1.165, 1.54) is 13.8 Å². The van der Waals surface area contributed by atoms with Crippen molar-refractivity contribution in [1.29, 1.82) is 5.41 Å². The van der Waals surface area contributed by atoms with Crippen molar-refractivity contribution in [3.8, 4) is 0 Å². The summed E-state index contributed by atoms with van der Waals surface area (Å²) in [6.45, 7) is 5.10. The van der Waals surface area contributed by atoms with Gasteiger partial charge in [-0.3, -0.25) is 15.0 Å². The van der Waals surface area contributed by atoms with E-state index in [1.54, 1.807) is 6.92 Å². The highest BCUT2D eigenvalue weighted by molar-refractivity contribution is 8.01. The van der Waals surface area contributed by atoms with Crippen LogP contribution in [0.3, 0.4) is 0 Å². The van der Waals surface area contributed by atoms with Gasteiger partial charge in [-0.1, -0.05) is 0 Å². The Morgan fingerprint density at radius 3 is 2.38 bits per heavy atom. The number of carboxylic acids is 2. The van der Waals surface area contributed by atoms with Crippen molar-refractivity contribution >= 4 is 41.5 Å². The van der Waals surface area contributed by atoms with E-state index in [-0.39, 0.29) is 18.3 Å². The number of hydrogen-bond donors (Lipinski definition) is 6. The molecular formula is C16H29N5O7S. The third-order valence-corrected chi connectivity index (χ3v) is 5.30. The second kappa shape index (κ2) is 12.1. The van der Waals surface area contributed by atoms with Crippen LogP contribution in [0.25, 0.3) is 0 Å². The predicted octanol–water partition coefficient (Wildman–Crippen LogP) is -1.02. The third-order valence-electron chi connectivity index (χ3n) is 3.90. The number of rotatable bonds is 8. The van der Waals surface area contributed by atoms with Gasteiger partial charge in [0.25, 0.3) is 0 Å². The van der Waals surface area contributed by atoms with Crippen LogP contribution in [-0.4, -0.2) is 80.7 Å². The molecule has 0 saturated carbocycles. The van der Waals surface area contributed by atoms with E-state index in [0.717, 1.165) is 16.7 Å². The van der Waals surface area contributed by atoms with Gasteiger partial charge in [0.1, 0.15) is 12.1 Å². The summed E-state index contributed by atoms with van der Waals surface area (Å²) in [6.07, 6.45) is 0.975. The predicted molar refractivity (Wildman–Crippen MR) is 106 cm³/mol. The first-order valence-corrected chi connectivity index (χ1v) is 9.77. The number of nitrogens with one attached hydrogen (secondary N) is 2. The van der Waals surface area contributed by atoms with E-state index in [0.29, 0.717) is 19.4 Å².